The summed E-state index contributed by atoms with van der Waals surface area (Å²) < 4.78 is 5.54. The molecule has 0 unspecified atom stereocenters. The van der Waals surface area contributed by atoms with E-state index in [1.165, 1.54) is 6.07 Å². The molecule has 0 bridgehead atoms. The van der Waals surface area contributed by atoms with Crippen LogP contribution >= 0.6 is 0 Å². The van der Waals surface area contributed by atoms with Crippen molar-refractivity contribution < 1.29 is 19.6 Å². The van der Waals surface area contributed by atoms with Crippen molar-refractivity contribution in [3.63, 3.8) is 0 Å². The summed E-state index contributed by atoms with van der Waals surface area (Å²) in [7, 11) is -1.70. The highest BCUT2D eigenvalue weighted by Crippen LogP contribution is 2.33. The fourth-order valence-corrected chi connectivity index (χ4v) is 2.02. The van der Waals surface area contributed by atoms with Gasteiger partial charge in [-0.25, -0.2) is 0 Å². The van der Waals surface area contributed by atoms with Gasteiger partial charge >= 0.3 is 7.12 Å². The van der Waals surface area contributed by atoms with Crippen LogP contribution in [0.25, 0.3) is 21.9 Å². The molecular formula is C12H9BO4. The largest absolute Gasteiger partial charge is 0.508 e. The lowest BCUT2D eigenvalue weighted by molar-refractivity contribution is 0.420. The summed E-state index contributed by atoms with van der Waals surface area (Å²) in [5, 5.41) is 29.6. The first-order valence-corrected chi connectivity index (χ1v) is 5.17. The van der Waals surface area contributed by atoms with Crippen LogP contribution < -0.4 is 5.46 Å². The third-order valence-corrected chi connectivity index (χ3v) is 2.83. The van der Waals surface area contributed by atoms with E-state index in [1.54, 1.807) is 12.1 Å². The maximum absolute atomic E-state index is 10.0. The number of aromatic hydroxyl groups is 1. The molecule has 0 saturated heterocycles. The van der Waals surface area contributed by atoms with Crippen LogP contribution in [0.15, 0.2) is 40.8 Å². The highest BCUT2D eigenvalue weighted by atomic mass is 16.4. The van der Waals surface area contributed by atoms with Crippen LogP contribution in [0.4, 0.5) is 0 Å². The van der Waals surface area contributed by atoms with Gasteiger partial charge in [-0.2, -0.15) is 0 Å². The standard InChI is InChI=1S/C12H9BO4/c14-12-8(13(15)16)5-6-10-11(12)7-3-1-2-4-9(7)17-10/h1-6,14-16H. The number of para-hydroxylation sites is 1. The molecule has 5 heteroatoms. The second-order valence-electron chi connectivity index (χ2n) is 3.85. The molecule has 84 valence electrons. The van der Waals surface area contributed by atoms with Gasteiger partial charge in [0.15, 0.2) is 0 Å². The average Bonchev–Trinajstić information content (AvgIpc) is 2.67. The molecule has 3 N–H and O–H groups in total. The van der Waals surface area contributed by atoms with E-state index in [2.05, 4.69) is 0 Å². The minimum absolute atomic E-state index is 0.0732. The first kappa shape index (κ1) is 10.2. The van der Waals surface area contributed by atoms with Gasteiger partial charge in [0.1, 0.15) is 16.9 Å². The van der Waals surface area contributed by atoms with Gasteiger partial charge < -0.3 is 19.6 Å². The van der Waals surface area contributed by atoms with Gasteiger partial charge in [0.05, 0.1) is 5.39 Å². The Bertz CT molecular complexity index is 702. The lowest BCUT2D eigenvalue weighted by atomic mass is 9.79. The second-order valence-corrected chi connectivity index (χ2v) is 3.85. The van der Waals surface area contributed by atoms with Gasteiger partial charge in [0.2, 0.25) is 0 Å². The van der Waals surface area contributed by atoms with Gasteiger partial charge in [-0.05, 0) is 12.1 Å². The van der Waals surface area contributed by atoms with Crippen molar-refractivity contribution in [2.45, 2.75) is 0 Å². The minimum Gasteiger partial charge on any atom is -0.508 e. The molecule has 4 nitrogen and oxygen atoms in total. The lowest BCUT2D eigenvalue weighted by Gasteiger charge is -2.03. The van der Waals surface area contributed by atoms with Gasteiger partial charge in [-0.3, -0.25) is 0 Å². The molecule has 0 amide bonds. The smallest absolute Gasteiger partial charge is 0.492 e. The number of hydrogen-bond acceptors (Lipinski definition) is 4. The van der Waals surface area contributed by atoms with E-state index in [9.17, 15) is 5.11 Å². The lowest BCUT2D eigenvalue weighted by Crippen LogP contribution is -2.29. The zero-order valence-electron chi connectivity index (χ0n) is 8.79. The average molecular weight is 228 g/mol. The summed E-state index contributed by atoms with van der Waals surface area (Å²) in [4.78, 5) is 0. The van der Waals surface area contributed by atoms with Crippen LogP contribution in [-0.4, -0.2) is 22.3 Å². The highest BCUT2D eigenvalue weighted by molar-refractivity contribution is 6.60. The third-order valence-electron chi connectivity index (χ3n) is 2.83. The summed E-state index contributed by atoms with van der Waals surface area (Å²) in [6.45, 7) is 0. The van der Waals surface area contributed by atoms with Gasteiger partial charge in [0, 0.05) is 10.8 Å². The van der Waals surface area contributed by atoms with Crippen LogP contribution in [0.2, 0.25) is 0 Å². The fraction of sp³-hybridized carbons (Fsp3) is 0. The van der Waals surface area contributed by atoms with Crippen LogP contribution in [0.5, 0.6) is 5.75 Å². The number of phenolic OH excluding ortho intramolecular Hbond substituents is 1. The van der Waals surface area contributed by atoms with Gasteiger partial charge in [0.25, 0.3) is 0 Å². The maximum Gasteiger partial charge on any atom is 0.492 e. The van der Waals surface area contributed by atoms with E-state index >= 15 is 0 Å². The summed E-state index contributed by atoms with van der Waals surface area (Å²) >= 11 is 0. The van der Waals surface area contributed by atoms with E-state index in [-0.39, 0.29) is 11.2 Å². The molecule has 0 radical (unpaired) electrons. The Morgan fingerprint density at radius 2 is 1.71 bits per heavy atom. The first-order valence-electron chi connectivity index (χ1n) is 5.17. The minimum atomic E-state index is -1.70. The quantitative estimate of drug-likeness (QED) is 0.542. The predicted octanol–water partition coefficient (Wildman–Crippen LogP) is 0.971. The zero-order chi connectivity index (χ0) is 12.0. The first-order chi connectivity index (χ1) is 8.18. The molecule has 0 spiro atoms. The van der Waals surface area contributed by atoms with Crippen molar-refractivity contribution in [1.29, 1.82) is 0 Å². The topological polar surface area (TPSA) is 73.8 Å². The summed E-state index contributed by atoms with van der Waals surface area (Å²) in [5.41, 5.74) is 1.25. The Hall–Kier alpha value is -1.98. The number of rotatable bonds is 1. The van der Waals surface area contributed by atoms with Crippen LogP contribution in [-0.2, 0) is 0 Å². The number of fused-ring (bicyclic) bond motifs is 3. The Morgan fingerprint density at radius 1 is 0.941 bits per heavy atom. The van der Waals surface area contributed by atoms with Gasteiger partial charge in [-0.1, -0.05) is 24.3 Å². The van der Waals surface area contributed by atoms with Gasteiger partial charge in [-0.15, -0.1) is 0 Å². The van der Waals surface area contributed by atoms with Crippen LogP contribution in [0.3, 0.4) is 0 Å². The van der Waals surface area contributed by atoms with E-state index in [0.717, 1.165) is 5.39 Å². The molecule has 1 heterocycles. The Balaban J connectivity index is 2.48. The van der Waals surface area contributed by atoms with Crippen molar-refractivity contribution in [3.05, 3.63) is 36.4 Å². The Morgan fingerprint density at radius 3 is 2.47 bits per heavy atom. The molecule has 0 fully saturated rings. The summed E-state index contributed by atoms with van der Waals surface area (Å²) in [6, 6.07) is 10.3. The fourth-order valence-electron chi connectivity index (χ4n) is 2.02. The van der Waals surface area contributed by atoms with E-state index in [1.807, 2.05) is 18.2 Å². The number of phenols is 1. The van der Waals surface area contributed by atoms with E-state index in [0.29, 0.717) is 16.6 Å². The Kier molecular flexibility index (Phi) is 2.11. The van der Waals surface area contributed by atoms with E-state index in [4.69, 9.17) is 14.5 Å². The molecule has 17 heavy (non-hydrogen) atoms. The molecule has 1 aromatic heterocycles. The van der Waals surface area contributed by atoms with Crippen LogP contribution in [0, 0.1) is 0 Å². The number of hydrogen-bond donors (Lipinski definition) is 3. The number of benzene rings is 2. The molecule has 0 aliphatic heterocycles. The molecule has 3 aromatic rings. The zero-order valence-corrected chi connectivity index (χ0v) is 8.79. The molecule has 2 aromatic carbocycles. The third kappa shape index (κ3) is 1.40. The highest BCUT2D eigenvalue weighted by Gasteiger charge is 2.20. The van der Waals surface area contributed by atoms with Crippen molar-refractivity contribution >= 4 is 34.5 Å². The predicted molar refractivity (Wildman–Crippen MR) is 65.2 cm³/mol. The van der Waals surface area contributed by atoms with Crippen molar-refractivity contribution in [2.75, 3.05) is 0 Å². The Labute approximate surface area is 96.9 Å². The van der Waals surface area contributed by atoms with Crippen LogP contribution in [0.1, 0.15) is 0 Å². The second kappa shape index (κ2) is 3.51. The molecule has 0 saturated carbocycles. The normalized spacial score (nSPS) is 11.2. The van der Waals surface area contributed by atoms with Crippen molar-refractivity contribution in [1.82, 2.24) is 0 Å². The molecule has 0 aliphatic carbocycles. The number of furan rings is 1. The van der Waals surface area contributed by atoms with E-state index < -0.39 is 7.12 Å². The SMILES string of the molecule is OB(O)c1ccc2oc3ccccc3c2c1O. The summed E-state index contributed by atoms with van der Waals surface area (Å²) in [5.74, 6) is -0.151. The molecule has 0 atom stereocenters. The van der Waals surface area contributed by atoms with Crippen molar-refractivity contribution in [2.24, 2.45) is 0 Å². The maximum atomic E-state index is 10.0. The monoisotopic (exact) mass is 228 g/mol. The molecular weight excluding hydrogens is 219 g/mol. The molecule has 3 rings (SSSR count). The van der Waals surface area contributed by atoms with Crippen molar-refractivity contribution in [3.8, 4) is 5.75 Å². The molecule has 0 aliphatic rings. The summed E-state index contributed by atoms with van der Waals surface area (Å²) in [6.07, 6.45) is 0.